The number of aliphatic hydroxyl groups is 1. The SMILES string of the molecule is CCCC(NC(C)(CC)CCO)C1CC1. The third kappa shape index (κ3) is 4.12. The topological polar surface area (TPSA) is 32.3 Å². The van der Waals surface area contributed by atoms with Crippen molar-refractivity contribution in [3.63, 3.8) is 0 Å². The Kier molecular flexibility index (Phi) is 5.07. The van der Waals surface area contributed by atoms with Gasteiger partial charge in [0, 0.05) is 18.2 Å². The molecule has 0 heterocycles. The second kappa shape index (κ2) is 5.86. The molecule has 0 amide bonds. The van der Waals surface area contributed by atoms with Crippen molar-refractivity contribution < 1.29 is 5.11 Å². The highest BCUT2D eigenvalue weighted by atomic mass is 16.3. The zero-order valence-corrected chi connectivity index (χ0v) is 10.6. The van der Waals surface area contributed by atoms with Crippen molar-refractivity contribution in [1.82, 2.24) is 5.32 Å². The Hall–Kier alpha value is -0.0800. The smallest absolute Gasteiger partial charge is 0.0448 e. The average Bonchev–Trinajstić information content (AvgIpc) is 3.01. The summed E-state index contributed by atoms with van der Waals surface area (Å²) >= 11 is 0. The normalized spacial score (nSPS) is 22.4. The molecule has 0 radical (unpaired) electrons. The number of hydrogen-bond acceptors (Lipinski definition) is 2. The van der Waals surface area contributed by atoms with Crippen molar-refractivity contribution in [3.8, 4) is 0 Å². The van der Waals surface area contributed by atoms with Gasteiger partial charge in [0.1, 0.15) is 0 Å². The van der Waals surface area contributed by atoms with Gasteiger partial charge in [-0.2, -0.15) is 0 Å². The summed E-state index contributed by atoms with van der Waals surface area (Å²) in [4.78, 5) is 0. The van der Waals surface area contributed by atoms with Crippen molar-refractivity contribution in [2.75, 3.05) is 6.61 Å². The Labute approximate surface area is 94.5 Å². The van der Waals surface area contributed by atoms with Crippen molar-refractivity contribution in [1.29, 1.82) is 0 Å². The minimum Gasteiger partial charge on any atom is -0.396 e. The van der Waals surface area contributed by atoms with E-state index in [1.54, 1.807) is 0 Å². The first kappa shape index (κ1) is 13.0. The molecule has 2 N–H and O–H groups in total. The van der Waals surface area contributed by atoms with E-state index in [2.05, 4.69) is 26.1 Å². The molecule has 0 saturated heterocycles. The minimum atomic E-state index is 0.136. The molecule has 2 atom stereocenters. The summed E-state index contributed by atoms with van der Waals surface area (Å²) in [5.74, 6) is 0.912. The molecule has 2 heteroatoms. The van der Waals surface area contributed by atoms with Gasteiger partial charge < -0.3 is 10.4 Å². The van der Waals surface area contributed by atoms with E-state index in [4.69, 9.17) is 5.11 Å². The summed E-state index contributed by atoms with van der Waals surface area (Å²) in [5.41, 5.74) is 0.136. The first-order valence-corrected chi connectivity index (χ1v) is 6.53. The highest BCUT2D eigenvalue weighted by Gasteiger charge is 2.34. The average molecular weight is 213 g/mol. The maximum atomic E-state index is 9.09. The molecule has 0 aliphatic heterocycles. The summed E-state index contributed by atoms with van der Waals surface area (Å²) in [6.45, 7) is 7.00. The monoisotopic (exact) mass is 213 g/mol. The molecule has 1 rings (SSSR count). The third-order valence-corrected chi connectivity index (χ3v) is 3.77. The van der Waals surface area contributed by atoms with Gasteiger partial charge in [-0.15, -0.1) is 0 Å². The lowest BCUT2D eigenvalue weighted by atomic mass is 9.92. The summed E-state index contributed by atoms with van der Waals surface area (Å²) in [6, 6.07) is 0.687. The maximum Gasteiger partial charge on any atom is 0.0448 e. The standard InChI is InChI=1S/C13H27NO/c1-4-6-12(11-7-8-11)14-13(3,5-2)9-10-15/h11-12,14-15H,4-10H2,1-3H3. The van der Waals surface area contributed by atoms with E-state index >= 15 is 0 Å². The van der Waals surface area contributed by atoms with E-state index in [0.29, 0.717) is 12.6 Å². The Morgan fingerprint density at radius 1 is 1.40 bits per heavy atom. The summed E-state index contributed by atoms with van der Waals surface area (Å²) < 4.78 is 0. The molecule has 0 aromatic heterocycles. The van der Waals surface area contributed by atoms with Crippen molar-refractivity contribution in [2.45, 2.75) is 70.9 Å². The van der Waals surface area contributed by atoms with Gasteiger partial charge in [-0.1, -0.05) is 20.3 Å². The molecule has 90 valence electrons. The van der Waals surface area contributed by atoms with E-state index < -0.39 is 0 Å². The van der Waals surface area contributed by atoms with Crippen LogP contribution in [0.15, 0.2) is 0 Å². The lowest BCUT2D eigenvalue weighted by molar-refractivity contribution is 0.193. The van der Waals surface area contributed by atoms with E-state index in [1.807, 2.05) is 0 Å². The van der Waals surface area contributed by atoms with Crippen LogP contribution in [0.4, 0.5) is 0 Å². The molecule has 0 spiro atoms. The van der Waals surface area contributed by atoms with Gasteiger partial charge in [-0.3, -0.25) is 0 Å². The summed E-state index contributed by atoms with van der Waals surface area (Å²) in [5, 5.41) is 12.9. The van der Waals surface area contributed by atoms with E-state index in [0.717, 1.165) is 18.8 Å². The molecular weight excluding hydrogens is 186 g/mol. The highest BCUT2D eigenvalue weighted by Crippen LogP contribution is 2.36. The van der Waals surface area contributed by atoms with Crippen molar-refractivity contribution in [3.05, 3.63) is 0 Å². The molecule has 1 aliphatic carbocycles. The van der Waals surface area contributed by atoms with Gasteiger partial charge in [-0.05, 0) is 44.9 Å². The lowest BCUT2D eigenvalue weighted by Gasteiger charge is -2.34. The fraction of sp³-hybridized carbons (Fsp3) is 1.00. The molecular formula is C13H27NO. The van der Waals surface area contributed by atoms with Crippen LogP contribution < -0.4 is 5.32 Å². The largest absolute Gasteiger partial charge is 0.396 e. The van der Waals surface area contributed by atoms with Crippen LogP contribution in [0.2, 0.25) is 0 Å². The van der Waals surface area contributed by atoms with Crippen LogP contribution >= 0.6 is 0 Å². The number of rotatable bonds is 8. The third-order valence-electron chi connectivity index (χ3n) is 3.77. The summed E-state index contributed by atoms with van der Waals surface area (Å²) in [7, 11) is 0. The molecule has 0 bridgehead atoms. The van der Waals surface area contributed by atoms with Crippen LogP contribution in [-0.2, 0) is 0 Å². The second-order valence-electron chi connectivity index (χ2n) is 5.26. The van der Waals surface area contributed by atoms with Gasteiger partial charge in [0.05, 0.1) is 0 Å². The Bertz CT molecular complexity index is 179. The number of aliphatic hydroxyl groups excluding tert-OH is 1. The predicted octanol–water partition coefficient (Wildman–Crippen LogP) is 2.71. The molecule has 15 heavy (non-hydrogen) atoms. The quantitative estimate of drug-likeness (QED) is 0.650. The van der Waals surface area contributed by atoms with Crippen molar-refractivity contribution >= 4 is 0 Å². The van der Waals surface area contributed by atoms with Gasteiger partial charge in [0.15, 0.2) is 0 Å². The van der Waals surface area contributed by atoms with E-state index in [-0.39, 0.29) is 5.54 Å². The van der Waals surface area contributed by atoms with E-state index in [1.165, 1.54) is 25.7 Å². The number of nitrogens with one attached hydrogen (secondary N) is 1. The van der Waals surface area contributed by atoms with Crippen LogP contribution in [-0.4, -0.2) is 23.3 Å². The zero-order chi connectivity index (χ0) is 11.3. The van der Waals surface area contributed by atoms with Crippen LogP contribution in [0, 0.1) is 5.92 Å². The molecule has 2 nitrogen and oxygen atoms in total. The lowest BCUT2D eigenvalue weighted by Crippen LogP contribution is -2.49. The second-order valence-corrected chi connectivity index (χ2v) is 5.26. The first-order valence-electron chi connectivity index (χ1n) is 6.53. The highest BCUT2D eigenvalue weighted by molar-refractivity contribution is 4.92. The molecule has 0 aromatic carbocycles. The maximum absolute atomic E-state index is 9.09. The van der Waals surface area contributed by atoms with E-state index in [9.17, 15) is 0 Å². The summed E-state index contributed by atoms with van der Waals surface area (Å²) in [6.07, 6.45) is 7.31. The molecule has 2 unspecified atom stereocenters. The minimum absolute atomic E-state index is 0.136. The van der Waals surface area contributed by atoms with Gasteiger partial charge in [0.25, 0.3) is 0 Å². The van der Waals surface area contributed by atoms with Crippen LogP contribution in [0.5, 0.6) is 0 Å². The number of hydrogen-bond donors (Lipinski definition) is 2. The molecule has 1 saturated carbocycles. The van der Waals surface area contributed by atoms with Crippen LogP contribution in [0.3, 0.4) is 0 Å². The Morgan fingerprint density at radius 3 is 2.47 bits per heavy atom. The molecule has 0 aromatic rings. The van der Waals surface area contributed by atoms with Gasteiger partial charge >= 0.3 is 0 Å². The first-order chi connectivity index (χ1) is 7.15. The van der Waals surface area contributed by atoms with Gasteiger partial charge in [-0.25, -0.2) is 0 Å². The Balaban J connectivity index is 2.45. The van der Waals surface area contributed by atoms with Crippen molar-refractivity contribution in [2.24, 2.45) is 5.92 Å². The molecule has 1 fully saturated rings. The zero-order valence-electron chi connectivity index (χ0n) is 10.6. The fourth-order valence-electron chi connectivity index (χ4n) is 2.28. The van der Waals surface area contributed by atoms with Crippen LogP contribution in [0.1, 0.15) is 59.3 Å². The molecule has 1 aliphatic rings. The van der Waals surface area contributed by atoms with Gasteiger partial charge in [0.2, 0.25) is 0 Å². The van der Waals surface area contributed by atoms with Crippen LogP contribution in [0.25, 0.3) is 0 Å². The predicted molar refractivity (Wildman–Crippen MR) is 65.0 cm³/mol. The Morgan fingerprint density at radius 2 is 2.07 bits per heavy atom. The fourth-order valence-corrected chi connectivity index (χ4v) is 2.28.